The van der Waals surface area contributed by atoms with Crippen molar-refractivity contribution in [2.24, 2.45) is 0 Å². The van der Waals surface area contributed by atoms with Crippen molar-refractivity contribution in [1.82, 2.24) is 10.2 Å². The smallest absolute Gasteiger partial charge is 0.304 e. The highest BCUT2D eigenvalue weighted by atomic mass is 19.1. The van der Waals surface area contributed by atoms with Gasteiger partial charge in [0.2, 0.25) is 5.82 Å². The van der Waals surface area contributed by atoms with E-state index in [2.05, 4.69) is 24.3 Å². The van der Waals surface area contributed by atoms with Gasteiger partial charge in [0.15, 0.2) is 0 Å². The van der Waals surface area contributed by atoms with Gasteiger partial charge >= 0.3 is 5.69 Å². The summed E-state index contributed by atoms with van der Waals surface area (Å²) in [5.74, 6) is -0.778. The van der Waals surface area contributed by atoms with Crippen molar-refractivity contribution >= 4 is 5.69 Å². The largest absolute Gasteiger partial charge is 0.311 e. The zero-order valence-electron chi connectivity index (χ0n) is 11.9. The number of nitro benzene ring substituents is 1. The summed E-state index contributed by atoms with van der Waals surface area (Å²) in [6.07, 6.45) is 3.58. The van der Waals surface area contributed by atoms with Crippen LogP contribution in [0.1, 0.15) is 24.8 Å². The highest BCUT2D eigenvalue weighted by Gasteiger charge is 2.38. The van der Waals surface area contributed by atoms with Crippen molar-refractivity contribution < 1.29 is 9.31 Å². The molecule has 1 fully saturated rings. The summed E-state index contributed by atoms with van der Waals surface area (Å²) < 4.78 is 13.5. The van der Waals surface area contributed by atoms with E-state index in [1.54, 1.807) is 6.07 Å². The fraction of sp³-hybridized carbons (Fsp3) is 0.571. The minimum absolute atomic E-state index is 0.208. The molecule has 1 aliphatic rings. The first kappa shape index (κ1) is 14.9. The summed E-state index contributed by atoms with van der Waals surface area (Å²) in [6.45, 7) is 1.36. The molecule has 0 bridgehead atoms. The third kappa shape index (κ3) is 2.96. The molecule has 0 unspecified atom stereocenters. The molecule has 1 aliphatic carbocycles. The summed E-state index contributed by atoms with van der Waals surface area (Å²) in [4.78, 5) is 12.1. The van der Waals surface area contributed by atoms with Crippen LogP contribution in [0.25, 0.3) is 0 Å². The van der Waals surface area contributed by atoms with E-state index in [1.807, 2.05) is 0 Å². The molecule has 0 aliphatic heterocycles. The number of nitrogens with zero attached hydrogens (tertiary/aromatic N) is 2. The molecule has 20 heavy (non-hydrogen) atoms. The summed E-state index contributed by atoms with van der Waals surface area (Å²) in [5, 5.41) is 13.9. The maximum absolute atomic E-state index is 13.5. The van der Waals surface area contributed by atoms with Crippen molar-refractivity contribution in [2.45, 2.75) is 31.3 Å². The molecule has 0 saturated heterocycles. The Morgan fingerprint density at radius 3 is 2.60 bits per heavy atom. The number of likely N-dealkylation sites (N-methyl/N-ethyl adjacent to an activating group) is 1. The average Bonchev–Trinajstić information content (AvgIpc) is 2.31. The van der Waals surface area contributed by atoms with Crippen LogP contribution in [0.4, 0.5) is 10.1 Å². The molecule has 5 nitrogen and oxygen atoms in total. The Kier molecular flexibility index (Phi) is 4.35. The topological polar surface area (TPSA) is 58.4 Å². The van der Waals surface area contributed by atoms with Crippen LogP contribution < -0.4 is 5.32 Å². The first-order chi connectivity index (χ1) is 9.44. The fourth-order valence-electron chi connectivity index (χ4n) is 2.61. The van der Waals surface area contributed by atoms with E-state index >= 15 is 0 Å². The van der Waals surface area contributed by atoms with Gasteiger partial charge in [-0.3, -0.25) is 10.1 Å². The maximum atomic E-state index is 13.5. The van der Waals surface area contributed by atoms with Crippen LogP contribution in [0, 0.1) is 15.9 Å². The van der Waals surface area contributed by atoms with Gasteiger partial charge in [-0.2, -0.15) is 4.39 Å². The molecule has 0 aromatic heterocycles. The summed E-state index contributed by atoms with van der Waals surface area (Å²) in [6, 6.07) is 4.04. The number of nitro groups is 1. The lowest BCUT2D eigenvalue weighted by Gasteiger charge is -2.47. The third-order valence-electron chi connectivity index (χ3n) is 4.22. The lowest BCUT2D eigenvalue weighted by Crippen LogP contribution is -2.56. The SMILES string of the molecule is CN(C)C1(CNCc2ccc([N+](=O)[O-])c(F)c2)CCC1. The van der Waals surface area contributed by atoms with Gasteiger partial charge in [-0.15, -0.1) is 0 Å². The van der Waals surface area contributed by atoms with Crippen molar-refractivity contribution in [1.29, 1.82) is 0 Å². The molecule has 0 radical (unpaired) electrons. The van der Waals surface area contributed by atoms with Crippen molar-refractivity contribution in [3.8, 4) is 0 Å². The number of benzene rings is 1. The molecule has 1 aromatic carbocycles. The van der Waals surface area contributed by atoms with E-state index in [9.17, 15) is 14.5 Å². The summed E-state index contributed by atoms with van der Waals surface area (Å²) in [5.41, 5.74) is 0.457. The predicted octanol–water partition coefficient (Wildman–Crippen LogP) is 2.31. The molecule has 0 heterocycles. The Morgan fingerprint density at radius 2 is 2.15 bits per heavy atom. The van der Waals surface area contributed by atoms with Crippen molar-refractivity contribution in [2.75, 3.05) is 20.6 Å². The molecular weight excluding hydrogens is 261 g/mol. The van der Waals surface area contributed by atoms with Crippen molar-refractivity contribution in [3.63, 3.8) is 0 Å². The molecule has 1 saturated carbocycles. The van der Waals surface area contributed by atoms with Gasteiger partial charge in [0.25, 0.3) is 0 Å². The summed E-state index contributed by atoms with van der Waals surface area (Å²) in [7, 11) is 4.15. The minimum Gasteiger partial charge on any atom is -0.311 e. The van der Waals surface area contributed by atoms with E-state index < -0.39 is 16.4 Å². The van der Waals surface area contributed by atoms with Gasteiger partial charge in [0.05, 0.1) is 4.92 Å². The van der Waals surface area contributed by atoms with Gasteiger partial charge in [-0.25, -0.2) is 0 Å². The van der Waals surface area contributed by atoms with E-state index in [0.717, 1.165) is 12.1 Å². The Labute approximate surface area is 117 Å². The monoisotopic (exact) mass is 281 g/mol. The van der Waals surface area contributed by atoms with E-state index in [4.69, 9.17) is 0 Å². The predicted molar refractivity (Wildman–Crippen MR) is 75.0 cm³/mol. The Hall–Kier alpha value is -1.53. The number of halogens is 1. The molecule has 1 N–H and O–H groups in total. The van der Waals surface area contributed by atoms with Crippen LogP contribution in [0.3, 0.4) is 0 Å². The molecule has 0 amide bonds. The normalized spacial score (nSPS) is 17.0. The first-order valence-corrected chi connectivity index (χ1v) is 6.76. The van der Waals surface area contributed by atoms with Crippen molar-refractivity contribution in [3.05, 3.63) is 39.7 Å². The van der Waals surface area contributed by atoms with Gasteiger partial charge in [-0.05, 0) is 45.0 Å². The molecule has 0 spiro atoms. The standard InChI is InChI=1S/C14H20FN3O2/c1-17(2)14(6-3-7-14)10-16-9-11-4-5-13(18(19)20)12(15)8-11/h4-5,8,16H,3,6-7,9-10H2,1-2H3. The van der Waals surface area contributed by atoms with E-state index in [0.29, 0.717) is 6.54 Å². The lowest BCUT2D eigenvalue weighted by molar-refractivity contribution is -0.387. The van der Waals surface area contributed by atoms with Gasteiger partial charge in [-0.1, -0.05) is 6.07 Å². The van der Waals surface area contributed by atoms with Gasteiger partial charge in [0.1, 0.15) is 0 Å². The third-order valence-corrected chi connectivity index (χ3v) is 4.22. The minimum atomic E-state index is -0.778. The number of rotatable bonds is 6. The van der Waals surface area contributed by atoms with Crippen LogP contribution in [-0.4, -0.2) is 36.0 Å². The van der Waals surface area contributed by atoms with Crippen LogP contribution in [0.5, 0.6) is 0 Å². The molecule has 110 valence electrons. The van der Waals surface area contributed by atoms with E-state index in [-0.39, 0.29) is 5.54 Å². The van der Waals surface area contributed by atoms with Crippen LogP contribution >= 0.6 is 0 Å². The van der Waals surface area contributed by atoms with Gasteiger partial charge < -0.3 is 10.2 Å². The Bertz CT molecular complexity index is 501. The second kappa shape index (κ2) is 5.85. The zero-order valence-corrected chi connectivity index (χ0v) is 11.9. The molecule has 0 atom stereocenters. The number of hydrogen-bond donors (Lipinski definition) is 1. The second-order valence-electron chi connectivity index (χ2n) is 5.62. The molecule has 2 rings (SSSR count). The highest BCUT2D eigenvalue weighted by Crippen LogP contribution is 2.35. The molecule has 6 heteroatoms. The first-order valence-electron chi connectivity index (χ1n) is 6.76. The van der Waals surface area contributed by atoms with E-state index in [1.165, 1.54) is 31.4 Å². The van der Waals surface area contributed by atoms with Crippen LogP contribution in [-0.2, 0) is 6.54 Å². The second-order valence-corrected chi connectivity index (χ2v) is 5.62. The zero-order chi connectivity index (χ0) is 14.8. The lowest BCUT2D eigenvalue weighted by atomic mass is 9.75. The Morgan fingerprint density at radius 1 is 1.45 bits per heavy atom. The van der Waals surface area contributed by atoms with Gasteiger partial charge in [0, 0.05) is 24.7 Å². The quantitative estimate of drug-likeness (QED) is 0.642. The number of nitrogens with one attached hydrogen (secondary N) is 1. The van der Waals surface area contributed by atoms with Crippen LogP contribution in [0.15, 0.2) is 18.2 Å². The molecule has 1 aromatic rings. The highest BCUT2D eigenvalue weighted by molar-refractivity contribution is 5.34. The van der Waals surface area contributed by atoms with Crippen LogP contribution in [0.2, 0.25) is 0 Å². The Balaban J connectivity index is 1.91. The summed E-state index contributed by atoms with van der Waals surface area (Å²) >= 11 is 0. The fourth-order valence-corrected chi connectivity index (χ4v) is 2.61. The molecular formula is C14H20FN3O2. The maximum Gasteiger partial charge on any atom is 0.304 e. The number of hydrogen-bond acceptors (Lipinski definition) is 4. The average molecular weight is 281 g/mol.